The summed E-state index contributed by atoms with van der Waals surface area (Å²) >= 11 is 0. The number of nitrogens with zero attached hydrogens (tertiary/aromatic N) is 2. The van der Waals surface area contributed by atoms with Gasteiger partial charge in [-0.15, -0.1) is 0 Å². The first-order valence-electron chi connectivity index (χ1n) is 4.04. The third kappa shape index (κ3) is 1.79. The maximum atomic E-state index is 4.61. The van der Waals surface area contributed by atoms with Crippen LogP contribution in [-0.4, -0.2) is 10.3 Å². The third-order valence-electron chi connectivity index (χ3n) is 1.88. The quantitative estimate of drug-likeness (QED) is 0.670. The lowest BCUT2D eigenvalue weighted by atomic mass is 10.0. The van der Waals surface area contributed by atoms with Crippen LogP contribution in [0.2, 0.25) is 0 Å². The van der Waals surface area contributed by atoms with Gasteiger partial charge in [-0.1, -0.05) is 30.6 Å². The Morgan fingerprint density at radius 1 is 1.45 bits per heavy atom. The summed E-state index contributed by atoms with van der Waals surface area (Å²) in [6, 6.07) is 0. The highest BCUT2D eigenvalue weighted by molar-refractivity contribution is 5.09. The van der Waals surface area contributed by atoms with E-state index in [-0.39, 0.29) is 0 Å². The first-order valence-corrected chi connectivity index (χ1v) is 4.04. The van der Waals surface area contributed by atoms with E-state index in [2.05, 4.69) is 28.8 Å². The van der Waals surface area contributed by atoms with Crippen LogP contribution in [0.25, 0.3) is 0 Å². The molecule has 1 heterocycles. The summed E-state index contributed by atoms with van der Waals surface area (Å²) in [5, 5.41) is 7.58. The fourth-order valence-corrected chi connectivity index (χ4v) is 1.25. The summed E-state index contributed by atoms with van der Waals surface area (Å²) in [6.45, 7) is 6.24. The van der Waals surface area contributed by atoms with Crippen LogP contribution < -0.4 is 0 Å². The van der Waals surface area contributed by atoms with Crippen LogP contribution in [0.15, 0.2) is 4.63 Å². The highest BCUT2D eigenvalue weighted by atomic mass is 16.6. The molecule has 3 heteroatoms. The molecular weight excluding hydrogens is 140 g/mol. The number of rotatable bonds is 3. The molecule has 1 aromatic heterocycles. The Labute approximate surface area is 66.8 Å². The SMILES string of the molecule is CCCC(C)c1nonc1C. The van der Waals surface area contributed by atoms with Gasteiger partial charge in [0.1, 0.15) is 11.4 Å². The van der Waals surface area contributed by atoms with E-state index in [9.17, 15) is 0 Å². The van der Waals surface area contributed by atoms with E-state index in [0.29, 0.717) is 5.92 Å². The van der Waals surface area contributed by atoms with Crippen LogP contribution in [0, 0.1) is 6.92 Å². The first kappa shape index (κ1) is 8.24. The zero-order valence-corrected chi connectivity index (χ0v) is 7.29. The predicted octanol–water partition coefficient (Wildman–Crippen LogP) is 2.28. The van der Waals surface area contributed by atoms with Crippen molar-refractivity contribution in [1.82, 2.24) is 10.3 Å². The standard InChI is InChI=1S/C8H14N2O/c1-4-5-6(2)8-7(3)9-11-10-8/h6H,4-5H2,1-3H3. The van der Waals surface area contributed by atoms with Crippen molar-refractivity contribution in [3.63, 3.8) is 0 Å². The molecule has 0 bridgehead atoms. The van der Waals surface area contributed by atoms with Crippen molar-refractivity contribution in [1.29, 1.82) is 0 Å². The minimum Gasteiger partial charge on any atom is -0.244 e. The van der Waals surface area contributed by atoms with Gasteiger partial charge in [0, 0.05) is 5.92 Å². The van der Waals surface area contributed by atoms with Gasteiger partial charge in [-0.25, -0.2) is 4.63 Å². The van der Waals surface area contributed by atoms with E-state index < -0.39 is 0 Å². The highest BCUT2D eigenvalue weighted by Gasteiger charge is 2.12. The van der Waals surface area contributed by atoms with Crippen molar-refractivity contribution in [2.75, 3.05) is 0 Å². The minimum absolute atomic E-state index is 0.478. The van der Waals surface area contributed by atoms with E-state index >= 15 is 0 Å². The van der Waals surface area contributed by atoms with Gasteiger partial charge in [0.05, 0.1) is 0 Å². The molecule has 0 aliphatic rings. The van der Waals surface area contributed by atoms with Gasteiger partial charge in [-0.05, 0) is 13.3 Å². The Kier molecular flexibility index (Phi) is 2.63. The maximum absolute atomic E-state index is 4.61. The summed E-state index contributed by atoms with van der Waals surface area (Å²) in [4.78, 5) is 0. The van der Waals surface area contributed by atoms with Crippen molar-refractivity contribution in [3.05, 3.63) is 11.4 Å². The molecular formula is C8H14N2O. The van der Waals surface area contributed by atoms with Gasteiger partial charge in [0.25, 0.3) is 0 Å². The number of hydrogen-bond donors (Lipinski definition) is 0. The van der Waals surface area contributed by atoms with E-state index in [1.807, 2.05) is 6.92 Å². The molecule has 3 nitrogen and oxygen atoms in total. The fraction of sp³-hybridized carbons (Fsp3) is 0.750. The molecule has 0 fully saturated rings. The molecule has 0 saturated carbocycles. The van der Waals surface area contributed by atoms with Gasteiger partial charge < -0.3 is 0 Å². The molecule has 0 aliphatic carbocycles. The van der Waals surface area contributed by atoms with Gasteiger partial charge in [-0.2, -0.15) is 0 Å². The van der Waals surface area contributed by atoms with Gasteiger partial charge in [0.15, 0.2) is 0 Å². The minimum atomic E-state index is 0.478. The smallest absolute Gasteiger partial charge is 0.110 e. The molecule has 1 unspecified atom stereocenters. The van der Waals surface area contributed by atoms with Gasteiger partial charge in [-0.3, -0.25) is 0 Å². The number of aryl methyl sites for hydroxylation is 1. The zero-order chi connectivity index (χ0) is 8.27. The Morgan fingerprint density at radius 2 is 2.18 bits per heavy atom. The zero-order valence-electron chi connectivity index (χ0n) is 7.29. The van der Waals surface area contributed by atoms with Gasteiger partial charge in [0.2, 0.25) is 0 Å². The van der Waals surface area contributed by atoms with E-state index in [0.717, 1.165) is 17.8 Å². The second kappa shape index (κ2) is 3.51. The second-order valence-electron chi connectivity index (χ2n) is 2.92. The van der Waals surface area contributed by atoms with Crippen molar-refractivity contribution in [2.45, 2.75) is 39.5 Å². The number of aromatic nitrogens is 2. The number of hydrogen-bond acceptors (Lipinski definition) is 3. The molecule has 62 valence electrons. The Bertz CT molecular complexity index is 220. The third-order valence-corrected chi connectivity index (χ3v) is 1.88. The highest BCUT2D eigenvalue weighted by Crippen LogP contribution is 2.19. The average molecular weight is 154 g/mol. The van der Waals surface area contributed by atoms with E-state index in [1.54, 1.807) is 0 Å². The van der Waals surface area contributed by atoms with Crippen LogP contribution in [0.5, 0.6) is 0 Å². The van der Waals surface area contributed by atoms with Crippen LogP contribution >= 0.6 is 0 Å². The lowest BCUT2D eigenvalue weighted by Crippen LogP contribution is -1.95. The molecule has 0 amide bonds. The Hall–Kier alpha value is -0.860. The molecule has 0 aliphatic heterocycles. The average Bonchev–Trinajstić information content (AvgIpc) is 2.36. The summed E-state index contributed by atoms with van der Waals surface area (Å²) in [5.41, 5.74) is 1.93. The van der Waals surface area contributed by atoms with Crippen LogP contribution in [-0.2, 0) is 0 Å². The van der Waals surface area contributed by atoms with Crippen LogP contribution in [0.3, 0.4) is 0 Å². The molecule has 1 rings (SSSR count). The molecule has 1 atom stereocenters. The predicted molar refractivity (Wildman–Crippen MR) is 42.4 cm³/mol. The summed E-state index contributed by atoms with van der Waals surface area (Å²) in [5.74, 6) is 0.478. The molecule has 0 radical (unpaired) electrons. The Morgan fingerprint density at radius 3 is 2.64 bits per heavy atom. The maximum Gasteiger partial charge on any atom is 0.110 e. The second-order valence-corrected chi connectivity index (χ2v) is 2.92. The van der Waals surface area contributed by atoms with Crippen molar-refractivity contribution in [2.24, 2.45) is 0 Å². The van der Waals surface area contributed by atoms with Crippen molar-refractivity contribution in [3.8, 4) is 0 Å². The van der Waals surface area contributed by atoms with Crippen LogP contribution in [0.1, 0.15) is 44.0 Å². The molecule has 0 N–H and O–H groups in total. The molecule has 11 heavy (non-hydrogen) atoms. The molecule has 1 aromatic rings. The lowest BCUT2D eigenvalue weighted by Gasteiger charge is -2.04. The van der Waals surface area contributed by atoms with E-state index in [4.69, 9.17) is 0 Å². The van der Waals surface area contributed by atoms with Gasteiger partial charge >= 0.3 is 0 Å². The summed E-state index contributed by atoms with van der Waals surface area (Å²) in [7, 11) is 0. The van der Waals surface area contributed by atoms with E-state index in [1.165, 1.54) is 6.42 Å². The molecule has 0 spiro atoms. The lowest BCUT2D eigenvalue weighted by molar-refractivity contribution is 0.299. The fourth-order valence-electron chi connectivity index (χ4n) is 1.25. The topological polar surface area (TPSA) is 38.9 Å². The summed E-state index contributed by atoms with van der Waals surface area (Å²) in [6.07, 6.45) is 2.32. The summed E-state index contributed by atoms with van der Waals surface area (Å²) < 4.78 is 4.61. The Balaban J connectivity index is 2.67. The van der Waals surface area contributed by atoms with Crippen molar-refractivity contribution < 1.29 is 4.63 Å². The van der Waals surface area contributed by atoms with Crippen molar-refractivity contribution >= 4 is 0 Å². The normalized spacial score (nSPS) is 13.4. The molecule has 0 saturated heterocycles. The molecule has 0 aromatic carbocycles. The van der Waals surface area contributed by atoms with Crippen LogP contribution in [0.4, 0.5) is 0 Å². The first-order chi connectivity index (χ1) is 5.25. The largest absolute Gasteiger partial charge is 0.244 e. The monoisotopic (exact) mass is 154 g/mol.